The second-order valence-corrected chi connectivity index (χ2v) is 5.83. The van der Waals surface area contributed by atoms with Crippen molar-refractivity contribution in [3.8, 4) is 0 Å². The van der Waals surface area contributed by atoms with Gasteiger partial charge >= 0.3 is 0 Å². The Morgan fingerprint density at radius 1 is 1.19 bits per heavy atom. The van der Waals surface area contributed by atoms with Crippen molar-refractivity contribution in [1.82, 2.24) is 9.88 Å². The molecule has 4 heteroatoms. The summed E-state index contributed by atoms with van der Waals surface area (Å²) in [5, 5.41) is 10.4. The van der Waals surface area contributed by atoms with Gasteiger partial charge in [-0.2, -0.15) is 0 Å². The molecule has 3 nitrogen and oxygen atoms in total. The van der Waals surface area contributed by atoms with Crippen LogP contribution in [0.25, 0.3) is 0 Å². The summed E-state index contributed by atoms with van der Waals surface area (Å²) in [5.41, 5.74) is 0.551. The normalized spacial score (nSPS) is 14.4. The highest BCUT2D eigenvalue weighted by Crippen LogP contribution is 2.21. The molecule has 0 saturated heterocycles. The Balaban J connectivity index is 2.57. The summed E-state index contributed by atoms with van der Waals surface area (Å²) in [7, 11) is 0. The quantitative estimate of drug-likeness (QED) is 0.713. The van der Waals surface area contributed by atoms with E-state index in [1.807, 2.05) is 6.92 Å². The van der Waals surface area contributed by atoms with E-state index in [1.54, 1.807) is 6.07 Å². The highest BCUT2D eigenvalue weighted by molar-refractivity contribution is 5.08. The van der Waals surface area contributed by atoms with Gasteiger partial charge < -0.3 is 10.0 Å². The number of hydrogen-bond acceptors (Lipinski definition) is 3. The van der Waals surface area contributed by atoms with Crippen molar-refractivity contribution < 1.29 is 9.50 Å². The van der Waals surface area contributed by atoms with Crippen LogP contribution in [0.2, 0.25) is 0 Å². The number of aromatic nitrogens is 1. The van der Waals surface area contributed by atoms with Gasteiger partial charge in [0, 0.05) is 12.5 Å². The SMILES string of the molecule is CCCCN(CCCC)CC(C)C(O)c1ccc(F)cn1. The molecule has 1 aromatic rings. The van der Waals surface area contributed by atoms with Gasteiger partial charge in [-0.3, -0.25) is 4.98 Å². The third-order valence-corrected chi connectivity index (χ3v) is 3.79. The Morgan fingerprint density at radius 3 is 2.29 bits per heavy atom. The number of rotatable bonds is 10. The summed E-state index contributed by atoms with van der Waals surface area (Å²) in [5.74, 6) is -0.289. The molecule has 1 rings (SSSR count). The minimum absolute atomic E-state index is 0.0803. The second kappa shape index (κ2) is 9.85. The van der Waals surface area contributed by atoms with Gasteiger partial charge in [0.05, 0.1) is 18.0 Å². The van der Waals surface area contributed by atoms with Crippen LogP contribution in [0.4, 0.5) is 4.39 Å². The predicted molar refractivity (Wildman–Crippen MR) is 84.6 cm³/mol. The van der Waals surface area contributed by atoms with Crippen LogP contribution in [-0.4, -0.2) is 34.6 Å². The van der Waals surface area contributed by atoms with Crippen LogP contribution in [0.3, 0.4) is 0 Å². The number of hydrogen-bond donors (Lipinski definition) is 1. The summed E-state index contributed by atoms with van der Waals surface area (Å²) in [6, 6.07) is 2.92. The lowest BCUT2D eigenvalue weighted by Crippen LogP contribution is -2.33. The van der Waals surface area contributed by atoms with Crippen molar-refractivity contribution in [1.29, 1.82) is 0 Å². The van der Waals surface area contributed by atoms with Crippen molar-refractivity contribution >= 4 is 0 Å². The highest BCUT2D eigenvalue weighted by atomic mass is 19.1. The Labute approximate surface area is 128 Å². The first kappa shape index (κ1) is 18.1. The van der Waals surface area contributed by atoms with Crippen LogP contribution >= 0.6 is 0 Å². The van der Waals surface area contributed by atoms with Crippen molar-refractivity contribution in [3.05, 3.63) is 29.8 Å². The molecule has 1 N–H and O–H groups in total. The smallest absolute Gasteiger partial charge is 0.141 e. The molecule has 2 unspecified atom stereocenters. The minimum Gasteiger partial charge on any atom is -0.386 e. The van der Waals surface area contributed by atoms with Crippen LogP contribution in [0.15, 0.2) is 18.3 Å². The van der Waals surface area contributed by atoms with Gasteiger partial charge in [0.2, 0.25) is 0 Å². The molecule has 0 aromatic carbocycles. The molecule has 0 bridgehead atoms. The fourth-order valence-corrected chi connectivity index (χ4v) is 2.42. The summed E-state index contributed by atoms with van der Waals surface area (Å²) < 4.78 is 12.9. The number of aliphatic hydroxyl groups is 1. The van der Waals surface area contributed by atoms with Crippen molar-refractivity contribution in [2.75, 3.05) is 19.6 Å². The van der Waals surface area contributed by atoms with Gasteiger partial charge in [-0.25, -0.2) is 4.39 Å². The molecule has 0 aliphatic carbocycles. The van der Waals surface area contributed by atoms with E-state index in [2.05, 4.69) is 23.7 Å². The number of unbranched alkanes of at least 4 members (excludes halogenated alkanes) is 2. The van der Waals surface area contributed by atoms with Crippen LogP contribution in [0, 0.1) is 11.7 Å². The van der Waals surface area contributed by atoms with Gasteiger partial charge in [-0.15, -0.1) is 0 Å². The molecular formula is C17H29FN2O. The lowest BCUT2D eigenvalue weighted by molar-refractivity contribution is 0.0837. The predicted octanol–water partition coefficient (Wildman–Crippen LogP) is 3.79. The Bertz CT molecular complexity index is 375. The monoisotopic (exact) mass is 296 g/mol. The van der Waals surface area contributed by atoms with Gasteiger partial charge in [0.1, 0.15) is 5.82 Å². The van der Waals surface area contributed by atoms with Crippen LogP contribution in [-0.2, 0) is 0 Å². The number of pyridine rings is 1. The molecule has 0 radical (unpaired) electrons. The zero-order valence-corrected chi connectivity index (χ0v) is 13.6. The molecule has 21 heavy (non-hydrogen) atoms. The molecule has 1 aromatic heterocycles. The molecule has 0 aliphatic heterocycles. The topological polar surface area (TPSA) is 36.4 Å². The molecule has 2 atom stereocenters. The minimum atomic E-state index is -0.642. The van der Waals surface area contributed by atoms with Gasteiger partial charge in [0.25, 0.3) is 0 Å². The lowest BCUT2D eigenvalue weighted by atomic mass is 10.0. The maximum atomic E-state index is 12.9. The van der Waals surface area contributed by atoms with Gasteiger partial charge in [-0.1, -0.05) is 33.6 Å². The Kier molecular flexibility index (Phi) is 8.47. The standard InChI is InChI=1S/C17H29FN2O/c1-4-6-10-20(11-7-5-2)13-14(3)17(21)16-9-8-15(18)12-19-16/h8-9,12,14,17,21H,4-7,10-11,13H2,1-3H3. The molecule has 0 spiro atoms. The molecule has 0 aliphatic rings. The summed E-state index contributed by atoms with van der Waals surface area (Å²) in [6.07, 6.45) is 5.24. The molecule has 120 valence electrons. The second-order valence-electron chi connectivity index (χ2n) is 5.83. The lowest BCUT2D eigenvalue weighted by Gasteiger charge is -2.28. The summed E-state index contributed by atoms with van der Waals surface area (Å²) in [6.45, 7) is 9.41. The molecular weight excluding hydrogens is 267 g/mol. The van der Waals surface area contributed by atoms with Gasteiger partial charge in [-0.05, 0) is 38.1 Å². The van der Waals surface area contributed by atoms with Gasteiger partial charge in [0.15, 0.2) is 0 Å². The van der Waals surface area contributed by atoms with E-state index >= 15 is 0 Å². The summed E-state index contributed by atoms with van der Waals surface area (Å²) in [4.78, 5) is 6.41. The Hall–Kier alpha value is -1.00. The van der Waals surface area contributed by atoms with E-state index in [0.29, 0.717) is 5.69 Å². The van der Waals surface area contributed by atoms with E-state index in [4.69, 9.17) is 0 Å². The molecule has 0 amide bonds. The first-order valence-corrected chi connectivity index (χ1v) is 8.10. The fraction of sp³-hybridized carbons (Fsp3) is 0.706. The molecule has 0 fully saturated rings. The summed E-state index contributed by atoms with van der Waals surface area (Å²) >= 11 is 0. The number of nitrogens with zero attached hydrogens (tertiary/aromatic N) is 2. The van der Waals surface area contributed by atoms with E-state index in [-0.39, 0.29) is 11.7 Å². The van der Waals surface area contributed by atoms with E-state index in [1.165, 1.54) is 31.7 Å². The van der Waals surface area contributed by atoms with Crippen LogP contribution in [0.1, 0.15) is 58.3 Å². The zero-order valence-electron chi connectivity index (χ0n) is 13.6. The largest absolute Gasteiger partial charge is 0.386 e. The number of aliphatic hydroxyl groups excluding tert-OH is 1. The Morgan fingerprint density at radius 2 is 1.81 bits per heavy atom. The zero-order chi connectivity index (χ0) is 15.7. The average Bonchev–Trinajstić information content (AvgIpc) is 2.49. The maximum absolute atomic E-state index is 12.9. The molecule has 0 saturated carbocycles. The molecule has 1 heterocycles. The van der Waals surface area contributed by atoms with Crippen molar-refractivity contribution in [2.24, 2.45) is 5.92 Å². The maximum Gasteiger partial charge on any atom is 0.141 e. The highest BCUT2D eigenvalue weighted by Gasteiger charge is 2.20. The van der Waals surface area contributed by atoms with Crippen LogP contribution in [0.5, 0.6) is 0 Å². The average molecular weight is 296 g/mol. The first-order chi connectivity index (χ1) is 10.1. The third-order valence-electron chi connectivity index (χ3n) is 3.79. The van der Waals surface area contributed by atoms with E-state index in [9.17, 15) is 9.50 Å². The fourth-order valence-electron chi connectivity index (χ4n) is 2.42. The van der Waals surface area contributed by atoms with Crippen LogP contribution < -0.4 is 0 Å². The first-order valence-electron chi connectivity index (χ1n) is 8.10. The third kappa shape index (κ3) is 6.53. The van der Waals surface area contributed by atoms with Crippen molar-refractivity contribution in [2.45, 2.75) is 52.6 Å². The van der Waals surface area contributed by atoms with E-state index < -0.39 is 6.10 Å². The van der Waals surface area contributed by atoms with Crippen molar-refractivity contribution in [3.63, 3.8) is 0 Å². The number of halogens is 1. The van der Waals surface area contributed by atoms with E-state index in [0.717, 1.165) is 25.8 Å².